The molecule has 6 atom stereocenters. The zero-order valence-corrected chi connectivity index (χ0v) is 48.4. The average molecular weight is 1080 g/mol. The van der Waals surface area contributed by atoms with Crippen LogP contribution in [0, 0.1) is 0 Å². The molecule has 0 aromatic carbocycles. The number of aliphatic hydroxyl groups is 2. The summed E-state index contributed by atoms with van der Waals surface area (Å²) in [5.41, 5.74) is 0. The monoisotopic (exact) mass is 1080 g/mol. The minimum atomic E-state index is -1.91. The summed E-state index contributed by atoms with van der Waals surface area (Å²) in [4.78, 5) is 51.1. The van der Waals surface area contributed by atoms with Crippen molar-refractivity contribution in [1.29, 1.82) is 0 Å². The standard InChI is InChI=1S/C65H108O12/c1-4-7-10-13-16-19-22-24-26-28-29-31-32-34-37-39-42-45-48-51-57(66)73-54-56(75-58(67)52-49-46-43-40-36-21-18-15-12-9-6-3)55-74-65-63(61(70)60(69)62(77-65)64(71)72)76-59(68)53-50-47-44-41-38-35-33-30-27-25-23-20-17-14-11-8-5-2/h7,10,15-16,18-19,24,26,29,31,34,37,42,45,56,60-63,65,69-70H,4-6,8-9,11-14,17,20-23,25,27-28,30,32-33,35-36,38-41,43-44,46-55H2,1-3H3,(H,71,72)/b10-7-,18-15-,19-16-,26-24-,31-29-,37-34-,45-42-. The van der Waals surface area contributed by atoms with Crippen molar-refractivity contribution in [1.82, 2.24) is 0 Å². The van der Waals surface area contributed by atoms with Gasteiger partial charge in [0.1, 0.15) is 18.8 Å². The van der Waals surface area contributed by atoms with Gasteiger partial charge in [-0.1, -0.05) is 241 Å². The number of carbonyl (C=O) groups is 4. The highest BCUT2D eigenvalue weighted by Gasteiger charge is 2.50. The Hall–Kier alpha value is -4.10. The van der Waals surface area contributed by atoms with E-state index < -0.39 is 67.3 Å². The molecule has 0 aromatic rings. The molecule has 0 aliphatic carbocycles. The zero-order valence-electron chi connectivity index (χ0n) is 48.4. The van der Waals surface area contributed by atoms with Crippen molar-refractivity contribution >= 4 is 23.9 Å². The van der Waals surface area contributed by atoms with Crippen LogP contribution < -0.4 is 0 Å². The maximum absolute atomic E-state index is 13.1. The Morgan fingerprint density at radius 1 is 0.442 bits per heavy atom. The Labute approximate surface area is 467 Å². The van der Waals surface area contributed by atoms with Crippen molar-refractivity contribution in [2.24, 2.45) is 0 Å². The van der Waals surface area contributed by atoms with Gasteiger partial charge in [-0.05, 0) is 77.0 Å². The van der Waals surface area contributed by atoms with E-state index in [9.17, 15) is 34.5 Å². The molecule has 1 fully saturated rings. The van der Waals surface area contributed by atoms with Gasteiger partial charge in [-0.25, -0.2) is 4.79 Å². The van der Waals surface area contributed by atoms with Gasteiger partial charge in [0, 0.05) is 19.3 Å². The number of carboxylic acid groups (broad SMARTS) is 1. The highest BCUT2D eigenvalue weighted by Crippen LogP contribution is 2.26. The van der Waals surface area contributed by atoms with Crippen LogP contribution in [0.2, 0.25) is 0 Å². The molecule has 1 heterocycles. The molecule has 0 amide bonds. The van der Waals surface area contributed by atoms with Gasteiger partial charge < -0.3 is 39.0 Å². The quantitative estimate of drug-likeness (QED) is 0.0228. The van der Waals surface area contributed by atoms with Crippen LogP contribution in [0.5, 0.6) is 0 Å². The van der Waals surface area contributed by atoms with Gasteiger partial charge in [0.15, 0.2) is 24.6 Å². The second kappa shape index (κ2) is 52.6. The first kappa shape index (κ1) is 70.9. The number of unbranched alkanes of at least 4 members (excludes halogenated alkanes) is 23. The molecular formula is C65H108O12. The predicted octanol–water partition coefficient (Wildman–Crippen LogP) is 15.9. The number of rotatable bonds is 51. The SMILES string of the molecule is CC/C=C\C/C=C\C/C=C\C/C=C\C/C=C\C/C=C\CCC(=O)OCC(COC1OC(C(=O)O)C(O)C(O)C1OC(=O)CCCCCCCCCCCCCCCCCCC)OC(=O)CCCCCCC/C=C\CCCC. The van der Waals surface area contributed by atoms with Crippen LogP contribution in [0.25, 0.3) is 0 Å². The molecule has 0 bridgehead atoms. The summed E-state index contributed by atoms with van der Waals surface area (Å²) in [5.74, 6) is -3.24. The molecule has 0 spiro atoms. The molecule has 1 rings (SSSR count). The van der Waals surface area contributed by atoms with Crippen LogP contribution >= 0.6 is 0 Å². The maximum atomic E-state index is 13.1. The number of aliphatic hydroxyl groups excluding tert-OH is 2. The van der Waals surface area contributed by atoms with Crippen molar-refractivity contribution in [3.63, 3.8) is 0 Å². The molecule has 12 heteroatoms. The predicted molar refractivity (Wildman–Crippen MR) is 312 cm³/mol. The summed E-state index contributed by atoms with van der Waals surface area (Å²) in [6.45, 7) is 5.78. The van der Waals surface area contributed by atoms with E-state index in [1.165, 1.54) is 89.9 Å². The Kier molecular flexibility index (Phi) is 48.4. The van der Waals surface area contributed by atoms with Gasteiger partial charge in [-0.15, -0.1) is 0 Å². The molecule has 1 saturated heterocycles. The minimum absolute atomic E-state index is 0.0534. The fourth-order valence-corrected chi connectivity index (χ4v) is 8.79. The number of carbonyl (C=O) groups excluding carboxylic acids is 3. The van der Waals surface area contributed by atoms with E-state index in [0.717, 1.165) is 103 Å². The molecule has 3 N–H and O–H groups in total. The first-order valence-corrected chi connectivity index (χ1v) is 30.6. The van der Waals surface area contributed by atoms with Gasteiger partial charge in [0.05, 0.1) is 6.61 Å². The Morgan fingerprint density at radius 2 is 0.857 bits per heavy atom. The lowest BCUT2D eigenvalue weighted by molar-refractivity contribution is -0.301. The lowest BCUT2D eigenvalue weighted by atomic mass is 9.98. The fourth-order valence-electron chi connectivity index (χ4n) is 8.79. The van der Waals surface area contributed by atoms with Crippen molar-refractivity contribution in [2.45, 2.75) is 289 Å². The number of ether oxygens (including phenoxy) is 5. The molecule has 12 nitrogen and oxygen atoms in total. The van der Waals surface area contributed by atoms with E-state index in [1.807, 2.05) is 12.2 Å². The van der Waals surface area contributed by atoms with Crippen LogP contribution in [0.1, 0.15) is 252 Å². The Morgan fingerprint density at radius 3 is 1.34 bits per heavy atom. The van der Waals surface area contributed by atoms with Gasteiger partial charge >= 0.3 is 23.9 Å². The van der Waals surface area contributed by atoms with Crippen LogP contribution in [0.4, 0.5) is 0 Å². The van der Waals surface area contributed by atoms with E-state index in [-0.39, 0.29) is 25.9 Å². The first-order valence-electron chi connectivity index (χ1n) is 30.6. The minimum Gasteiger partial charge on any atom is -0.479 e. The fraction of sp³-hybridized carbons (Fsp3) is 0.723. The van der Waals surface area contributed by atoms with Crippen molar-refractivity contribution in [2.75, 3.05) is 13.2 Å². The smallest absolute Gasteiger partial charge is 0.335 e. The summed E-state index contributed by atoms with van der Waals surface area (Å²) in [7, 11) is 0. The second-order valence-corrected chi connectivity index (χ2v) is 20.6. The number of hydrogen-bond acceptors (Lipinski definition) is 11. The number of carboxylic acids is 1. The number of esters is 3. The Balaban J connectivity index is 2.69. The van der Waals surface area contributed by atoms with Crippen LogP contribution in [0.3, 0.4) is 0 Å². The normalized spacial score (nSPS) is 18.6. The highest BCUT2D eigenvalue weighted by molar-refractivity contribution is 5.74. The lowest BCUT2D eigenvalue weighted by Crippen LogP contribution is -2.61. The molecule has 6 unspecified atom stereocenters. The van der Waals surface area contributed by atoms with Gasteiger partial charge in [0.25, 0.3) is 0 Å². The topological polar surface area (TPSA) is 175 Å². The van der Waals surface area contributed by atoms with E-state index in [2.05, 4.69) is 93.7 Å². The third-order valence-electron chi connectivity index (χ3n) is 13.5. The molecule has 1 aliphatic heterocycles. The third-order valence-corrected chi connectivity index (χ3v) is 13.5. The molecule has 0 radical (unpaired) electrons. The third kappa shape index (κ3) is 42.5. The van der Waals surface area contributed by atoms with E-state index >= 15 is 0 Å². The van der Waals surface area contributed by atoms with Gasteiger partial charge in [0.2, 0.25) is 0 Å². The van der Waals surface area contributed by atoms with Crippen LogP contribution in [-0.2, 0) is 42.9 Å². The summed E-state index contributed by atoms with van der Waals surface area (Å²) >= 11 is 0. The number of allylic oxidation sites excluding steroid dienone is 14. The molecule has 1 aliphatic rings. The molecule has 0 aromatic heterocycles. The first-order chi connectivity index (χ1) is 37.6. The molecule has 0 saturated carbocycles. The number of hydrogen-bond donors (Lipinski definition) is 3. The molecular weight excluding hydrogens is 973 g/mol. The number of aliphatic carboxylic acids is 1. The lowest BCUT2D eigenvalue weighted by Gasteiger charge is -2.40. The van der Waals surface area contributed by atoms with Crippen molar-refractivity contribution in [3.8, 4) is 0 Å². The average Bonchev–Trinajstić information content (AvgIpc) is 3.41. The van der Waals surface area contributed by atoms with Crippen molar-refractivity contribution in [3.05, 3.63) is 85.1 Å². The summed E-state index contributed by atoms with van der Waals surface area (Å²) in [6, 6.07) is 0. The van der Waals surface area contributed by atoms with Crippen LogP contribution in [-0.4, -0.2) is 89.2 Å². The van der Waals surface area contributed by atoms with Gasteiger partial charge in [-0.2, -0.15) is 0 Å². The Bertz CT molecular complexity index is 1660. The largest absolute Gasteiger partial charge is 0.479 e. The zero-order chi connectivity index (χ0) is 56.1. The van der Waals surface area contributed by atoms with E-state index in [1.54, 1.807) is 0 Å². The molecule has 77 heavy (non-hydrogen) atoms. The maximum Gasteiger partial charge on any atom is 0.335 e. The molecule has 440 valence electrons. The van der Waals surface area contributed by atoms with Gasteiger partial charge in [-0.3, -0.25) is 14.4 Å². The second-order valence-electron chi connectivity index (χ2n) is 20.6. The summed E-state index contributed by atoms with van der Waals surface area (Å²) in [5, 5.41) is 31.5. The van der Waals surface area contributed by atoms with E-state index in [0.29, 0.717) is 19.3 Å². The highest BCUT2D eigenvalue weighted by atomic mass is 16.7. The van der Waals surface area contributed by atoms with E-state index in [4.69, 9.17) is 23.7 Å². The van der Waals surface area contributed by atoms with Crippen molar-refractivity contribution < 1.29 is 58.2 Å². The summed E-state index contributed by atoms with van der Waals surface area (Å²) in [6.07, 6.45) is 55.7. The van der Waals surface area contributed by atoms with Crippen LogP contribution in [0.15, 0.2) is 85.1 Å². The summed E-state index contributed by atoms with van der Waals surface area (Å²) < 4.78 is 28.3.